The maximum Gasteiger partial charge on any atom is 0.305 e. The number of aliphatic carboxylic acids is 1. The molecule has 0 aliphatic rings. The van der Waals surface area contributed by atoms with E-state index in [4.69, 9.17) is 16.6 Å². The molecule has 9 nitrogen and oxygen atoms in total. The number of imide groups is 1. The highest BCUT2D eigenvalue weighted by molar-refractivity contribution is 7.98. The summed E-state index contributed by atoms with van der Waals surface area (Å²) in [6.07, 6.45) is 1.56. The van der Waals surface area contributed by atoms with E-state index in [1.807, 2.05) is 11.6 Å². The standard InChI is InChI=1S/C13H24N4O5S.ClH/c1-13(2,15)12(22)17-11(21)8(6-9(18)19)16-10(20)7(14)4-5-23-3;/h7-8H,4-6,14-15H2,1-3H3,(H,16,20)(H,18,19)(H,17,21,22);1H/t7-,8-;/m0./s1. The minimum absolute atomic E-state index is 0. The summed E-state index contributed by atoms with van der Waals surface area (Å²) in [5.74, 6) is -3.04. The predicted octanol–water partition coefficient (Wildman–Crippen LogP) is -1.17. The number of thioether (sulfide) groups is 1. The molecule has 7 N–H and O–H groups in total. The van der Waals surface area contributed by atoms with Crippen LogP contribution >= 0.6 is 24.2 Å². The van der Waals surface area contributed by atoms with E-state index in [1.165, 1.54) is 25.6 Å². The fraction of sp³-hybridized carbons (Fsp3) is 0.692. The first-order valence-corrected chi connectivity index (χ1v) is 8.29. The Hall–Kier alpha value is -1.36. The van der Waals surface area contributed by atoms with Gasteiger partial charge in [-0.2, -0.15) is 11.8 Å². The van der Waals surface area contributed by atoms with Crippen molar-refractivity contribution in [3.8, 4) is 0 Å². The zero-order valence-corrected chi connectivity index (χ0v) is 15.5. The first-order chi connectivity index (χ1) is 10.5. The smallest absolute Gasteiger partial charge is 0.305 e. The Balaban J connectivity index is 0. The van der Waals surface area contributed by atoms with Crippen LogP contribution in [-0.4, -0.2) is 58.4 Å². The van der Waals surface area contributed by atoms with Crippen molar-refractivity contribution < 1.29 is 24.3 Å². The Bertz CT molecular complexity index is 470. The highest BCUT2D eigenvalue weighted by atomic mass is 35.5. The molecule has 0 unspecified atom stereocenters. The zero-order valence-electron chi connectivity index (χ0n) is 13.8. The average Bonchev–Trinajstić information content (AvgIpc) is 2.42. The lowest BCUT2D eigenvalue weighted by Gasteiger charge is -2.22. The summed E-state index contributed by atoms with van der Waals surface area (Å²) in [5.41, 5.74) is 9.89. The number of hydrogen-bond acceptors (Lipinski definition) is 7. The number of rotatable bonds is 9. The molecule has 0 fully saturated rings. The van der Waals surface area contributed by atoms with Crippen molar-refractivity contribution in [2.75, 3.05) is 12.0 Å². The molecular weight excluding hydrogens is 360 g/mol. The third-order valence-electron chi connectivity index (χ3n) is 2.80. The maximum absolute atomic E-state index is 12.0. The first kappa shape index (κ1) is 24.9. The highest BCUT2D eigenvalue weighted by Gasteiger charge is 2.30. The van der Waals surface area contributed by atoms with Crippen LogP contribution in [0.1, 0.15) is 26.7 Å². The van der Waals surface area contributed by atoms with E-state index in [2.05, 4.69) is 5.32 Å². The molecule has 0 aromatic carbocycles. The number of carboxylic acid groups (broad SMARTS) is 1. The summed E-state index contributed by atoms with van der Waals surface area (Å²) in [7, 11) is 0. The van der Waals surface area contributed by atoms with E-state index < -0.39 is 47.7 Å². The van der Waals surface area contributed by atoms with Gasteiger partial charge in [0, 0.05) is 0 Å². The van der Waals surface area contributed by atoms with E-state index in [0.717, 1.165) is 0 Å². The summed E-state index contributed by atoms with van der Waals surface area (Å²) < 4.78 is 0. The predicted molar refractivity (Wildman–Crippen MR) is 93.8 cm³/mol. The Morgan fingerprint density at radius 1 is 1.21 bits per heavy atom. The SMILES string of the molecule is CSCC[C@H](N)C(=O)N[C@@H](CC(=O)O)C(=O)NC(=O)C(C)(C)N.Cl. The molecule has 0 spiro atoms. The second-order valence-corrected chi connectivity index (χ2v) is 6.57. The number of carbonyl (C=O) groups is 4. The molecule has 0 aromatic rings. The lowest BCUT2D eigenvalue weighted by Crippen LogP contribution is -2.57. The molecule has 140 valence electrons. The Morgan fingerprint density at radius 2 is 1.75 bits per heavy atom. The van der Waals surface area contributed by atoms with Crippen LogP contribution in [0.2, 0.25) is 0 Å². The number of nitrogens with one attached hydrogen (secondary N) is 2. The maximum atomic E-state index is 12.0. The van der Waals surface area contributed by atoms with Gasteiger partial charge in [0.1, 0.15) is 6.04 Å². The van der Waals surface area contributed by atoms with Crippen molar-refractivity contribution >= 4 is 47.9 Å². The molecule has 0 rings (SSSR count). The molecule has 0 radical (unpaired) electrons. The van der Waals surface area contributed by atoms with Crippen LogP contribution in [0.15, 0.2) is 0 Å². The summed E-state index contributed by atoms with van der Waals surface area (Å²) in [4.78, 5) is 46.4. The highest BCUT2D eigenvalue weighted by Crippen LogP contribution is 2.02. The van der Waals surface area contributed by atoms with E-state index in [0.29, 0.717) is 12.2 Å². The van der Waals surface area contributed by atoms with Gasteiger partial charge in [-0.1, -0.05) is 0 Å². The molecule has 0 heterocycles. The molecule has 0 saturated carbocycles. The topological polar surface area (TPSA) is 165 Å². The van der Waals surface area contributed by atoms with E-state index in [-0.39, 0.29) is 12.4 Å². The van der Waals surface area contributed by atoms with Crippen molar-refractivity contribution in [1.82, 2.24) is 10.6 Å². The molecule has 0 aliphatic carbocycles. The number of carboxylic acids is 1. The summed E-state index contributed by atoms with van der Waals surface area (Å²) in [5, 5.41) is 13.1. The van der Waals surface area contributed by atoms with Crippen molar-refractivity contribution in [2.24, 2.45) is 11.5 Å². The quantitative estimate of drug-likeness (QED) is 0.331. The summed E-state index contributed by atoms with van der Waals surface area (Å²) in [6.45, 7) is 2.78. The average molecular weight is 385 g/mol. The molecule has 2 atom stereocenters. The number of nitrogens with two attached hydrogens (primary N) is 2. The number of halogens is 1. The van der Waals surface area contributed by atoms with Gasteiger partial charge in [-0.05, 0) is 32.3 Å². The molecule has 0 bridgehead atoms. The Kier molecular flexibility index (Phi) is 11.7. The third-order valence-corrected chi connectivity index (χ3v) is 3.45. The first-order valence-electron chi connectivity index (χ1n) is 6.90. The van der Waals surface area contributed by atoms with Gasteiger partial charge < -0.3 is 21.9 Å². The lowest BCUT2D eigenvalue weighted by molar-refractivity contribution is -0.142. The molecule has 3 amide bonds. The molecule has 0 aromatic heterocycles. The fourth-order valence-electron chi connectivity index (χ4n) is 1.40. The number of hydrogen-bond donors (Lipinski definition) is 5. The zero-order chi connectivity index (χ0) is 18.2. The fourth-order valence-corrected chi connectivity index (χ4v) is 1.89. The van der Waals surface area contributed by atoms with Crippen LogP contribution in [0.25, 0.3) is 0 Å². The minimum atomic E-state index is -1.41. The van der Waals surface area contributed by atoms with E-state index in [9.17, 15) is 19.2 Å². The van der Waals surface area contributed by atoms with Crippen molar-refractivity contribution in [3.05, 3.63) is 0 Å². The van der Waals surface area contributed by atoms with Crippen LogP contribution in [0.3, 0.4) is 0 Å². The Morgan fingerprint density at radius 3 is 2.17 bits per heavy atom. The van der Waals surface area contributed by atoms with Gasteiger partial charge in [0.15, 0.2) is 0 Å². The molecule has 0 saturated heterocycles. The molecule has 0 aliphatic heterocycles. The van der Waals surface area contributed by atoms with E-state index in [1.54, 1.807) is 0 Å². The van der Waals surface area contributed by atoms with Crippen LogP contribution < -0.4 is 22.1 Å². The summed E-state index contributed by atoms with van der Waals surface area (Å²) in [6, 6.07) is -2.28. The van der Waals surface area contributed by atoms with Crippen LogP contribution in [-0.2, 0) is 19.2 Å². The second kappa shape index (κ2) is 11.2. The summed E-state index contributed by atoms with van der Waals surface area (Å²) >= 11 is 1.50. The second-order valence-electron chi connectivity index (χ2n) is 5.59. The Labute approximate surface area is 151 Å². The van der Waals surface area contributed by atoms with Gasteiger partial charge in [-0.3, -0.25) is 24.5 Å². The van der Waals surface area contributed by atoms with Gasteiger partial charge in [0.25, 0.3) is 0 Å². The van der Waals surface area contributed by atoms with Crippen LogP contribution in [0, 0.1) is 0 Å². The lowest BCUT2D eigenvalue weighted by atomic mass is 10.1. The van der Waals surface area contributed by atoms with Gasteiger partial charge in [0.2, 0.25) is 17.7 Å². The van der Waals surface area contributed by atoms with Crippen LogP contribution in [0.5, 0.6) is 0 Å². The van der Waals surface area contributed by atoms with E-state index >= 15 is 0 Å². The van der Waals surface area contributed by atoms with Crippen LogP contribution in [0.4, 0.5) is 0 Å². The van der Waals surface area contributed by atoms with Gasteiger partial charge in [-0.15, -0.1) is 12.4 Å². The number of carbonyl (C=O) groups excluding carboxylic acids is 3. The van der Waals surface area contributed by atoms with Gasteiger partial charge >= 0.3 is 5.97 Å². The molecular formula is C13H25ClN4O5S. The molecule has 11 heteroatoms. The largest absolute Gasteiger partial charge is 0.481 e. The monoisotopic (exact) mass is 384 g/mol. The van der Waals surface area contributed by atoms with Crippen molar-refractivity contribution in [3.63, 3.8) is 0 Å². The number of amides is 3. The van der Waals surface area contributed by atoms with Gasteiger partial charge in [-0.25, -0.2) is 0 Å². The minimum Gasteiger partial charge on any atom is -0.481 e. The molecule has 24 heavy (non-hydrogen) atoms. The van der Waals surface area contributed by atoms with Crippen molar-refractivity contribution in [2.45, 2.75) is 44.3 Å². The van der Waals surface area contributed by atoms with Crippen molar-refractivity contribution in [1.29, 1.82) is 0 Å². The normalized spacial score (nSPS) is 13.2. The third kappa shape index (κ3) is 9.71. The van der Waals surface area contributed by atoms with Gasteiger partial charge in [0.05, 0.1) is 18.0 Å².